The van der Waals surface area contributed by atoms with Gasteiger partial charge >= 0.3 is 0 Å². The second-order valence-electron chi connectivity index (χ2n) is 4.41. The standard InChI is InChI=1S/C16H18N2O4S/c1-4-13(10-19)15(5-2)16(20)18(3)22-11-12-6-8-14(9-7-12)23(17)21/h4-10H,1-2,11,17H2,3H3/b15-13-. The molecular weight excluding hydrogens is 316 g/mol. The van der Waals surface area contributed by atoms with Gasteiger partial charge in [0.05, 0.1) is 10.5 Å². The molecule has 0 spiro atoms. The molecule has 1 atom stereocenters. The van der Waals surface area contributed by atoms with E-state index in [4.69, 9.17) is 9.98 Å². The van der Waals surface area contributed by atoms with Crippen LogP contribution in [0.2, 0.25) is 0 Å². The summed E-state index contributed by atoms with van der Waals surface area (Å²) in [5.74, 6) is -0.512. The maximum Gasteiger partial charge on any atom is 0.277 e. The minimum atomic E-state index is -1.54. The molecule has 1 unspecified atom stereocenters. The maximum atomic E-state index is 12.2. The highest BCUT2D eigenvalue weighted by Crippen LogP contribution is 2.12. The van der Waals surface area contributed by atoms with Crippen LogP contribution in [0.25, 0.3) is 0 Å². The van der Waals surface area contributed by atoms with Crippen LogP contribution in [0.15, 0.2) is 65.6 Å². The van der Waals surface area contributed by atoms with Gasteiger partial charge in [0.15, 0.2) is 6.29 Å². The largest absolute Gasteiger partial charge is 0.298 e. The summed E-state index contributed by atoms with van der Waals surface area (Å²) >= 11 is 0. The van der Waals surface area contributed by atoms with Crippen LogP contribution in [-0.4, -0.2) is 28.5 Å². The predicted octanol–water partition coefficient (Wildman–Crippen LogP) is 1.43. The zero-order chi connectivity index (χ0) is 17.4. The third-order valence-electron chi connectivity index (χ3n) is 2.96. The Morgan fingerprint density at radius 1 is 1.30 bits per heavy atom. The zero-order valence-corrected chi connectivity index (χ0v) is 13.5. The molecule has 0 radical (unpaired) electrons. The van der Waals surface area contributed by atoms with Gasteiger partial charge in [-0.15, -0.1) is 0 Å². The Labute approximate surface area is 137 Å². The van der Waals surface area contributed by atoms with Crippen LogP contribution < -0.4 is 5.14 Å². The normalized spacial score (nSPS) is 12.8. The van der Waals surface area contributed by atoms with Gasteiger partial charge in [0.2, 0.25) is 0 Å². The molecule has 0 saturated carbocycles. The van der Waals surface area contributed by atoms with Crippen molar-refractivity contribution in [3.8, 4) is 0 Å². The highest BCUT2D eigenvalue weighted by Gasteiger charge is 2.16. The van der Waals surface area contributed by atoms with E-state index in [9.17, 15) is 13.8 Å². The molecule has 1 rings (SSSR count). The lowest BCUT2D eigenvalue weighted by atomic mass is 10.1. The number of likely N-dealkylation sites (N-methyl/N-ethyl adjacent to an activating group) is 1. The fourth-order valence-corrected chi connectivity index (χ4v) is 2.07. The molecule has 1 aromatic carbocycles. The number of amides is 1. The SMILES string of the molecule is C=C/C(C=O)=C(\C=C)C(=O)N(C)OCc1ccc(S(N)=O)cc1. The Hall–Kier alpha value is -2.35. The molecule has 0 bridgehead atoms. The van der Waals surface area contributed by atoms with Crippen LogP contribution in [0.1, 0.15) is 5.56 Å². The maximum absolute atomic E-state index is 12.2. The van der Waals surface area contributed by atoms with Crippen molar-refractivity contribution in [1.29, 1.82) is 0 Å². The summed E-state index contributed by atoms with van der Waals surface area (Å²) in [5.41, 5.74) is 1.00. The van der Waals surface area contributed by atoms with Crippen molar-refractivity contribution in [3.05, 3.63) is 66.3 Å². The number of aldehydes is 1. The van der Waals surface area contributed by atoms with Crippen molar-refractivity contribution in [3.63, 3.8) is 0 Å². The second kappa shape index (κ2) is 8.94. The number of hydroxylamine groups is 2. The number of carbonyl (C=O) groups is 2. The number of nitrogens with two attached hydrogens (primary N) is 1. The Kier molecular flexibility index (Phi) is 7.27. The molecule has 0 aliphatic rings. The van der Waals surface area contributed by atoms with E-state index in [2.05, 4.69) is 13.2 Å². The highest BCUT2D eigenvalue weighted by molar-refractivity contribution is 7.82. The minimum Gasteiger partial charge on any atom is -0.298 e. The molecule has 0 aromatic heterocycles. The number of nitrogens with zero attached hydrogens (tertiary/aromatic N) is 1. The third-order valence-corrected chi connectivity index (χ3v) is 3.70. The van der Waals surface area contributed by atoms with E-state index in [1.54, 1.807) is 24.3 Å². The first-order chi connectivity index (χ1) is 10.9. The summed E-state index contributed by atoms with van der Waals surface area (Å²) in [6, 6.07) is 6.63. The number of rotatable bonds is 8. The molecular formula is C16H18N2O4S. The van der Waals surface area contributed by atoms with Crippen molar-refractivity contribution in [1.82, 2.24) is 5.06 Å². The zero-order valence-electron chi connectivity index (χ0n) is 12.7. The molecule has 1 amide bonds. The molecule has 6 nitrogen and oxygen atoms in total. The Morgan fingerprint density at radius 2 is 1.91 bits per heavy atom. The van der Waals surface area contributed by atoms with Gasteiger partial charge in [0, 0.05) is 12.6 Å². The van der Waals surface area contributed by atoms with Gasteiger partial charge in [0.25, 0.3) is 5.91 Å². The first-order valence-electron chi connectivity index (χ1n) is 6.55. The van der Waals surface area contributed by atoms with Gasteiger partial charge in [0.1, 0.15) is 17.6 Å². The van der Waals surface area contributed by atoms with Crippen molar-refractivity contribution in [2.45, 2.75) is 11.5 Å². The van der Waals surface area contributed by atoms with E-state index < -0.39 is 16.9 Å². The van der Waals surface area contributed by atoms with E-state index in [-0.39, 0.29) is 17.8 Å². The average Bonchev–Trinajstić information content (AvgIpc) is 2.57. The van der Waals surface area contributed by atoms with Crippen molar-refractivity contribution in [2.24, 2.45) is 5.14 Å². The Balaban J connectivity index is 2.77. The smallest absolute Gasteiger partial charge is 0.277 e. The monoisotopic (exact) mass is 334 g/mol. The predicted molar refractivity (Wildman–Crippen MR) is 88.1 cm³/mol. The van der Waals surface area contributed by atoms with E-state index in [1.165, 1.54) is 19.2 Å². The lowest BCUT2D eigenvalue weighted by Gasteiger charge is -2.18. The summed E-state index contributed by atoms with van der Waals surface area (Å²) in [4.78, 5) is 29.0. The van der Waals surface area contributed by atoms with Crippen LogP contribution >= 0.6 is 0 Å². The molecule has 0 saturated heterocycles. The molecule has 122 valence electrons. The van der Waals surface area contributed by atoms with Gasteiger partial charge in [-0.3, -0.25) is 14.4 Å². The van der Waals surface area contributed by atoms with Crippen LogP contribution in [0.3, 0.4) is 0 Å². The van der Waals surface area contributed by atoms with Gasteiger partial charge < -0.3 is 0 Å². The average molecular weight is 334 g/mol. The minimum absolute atomic E-state index is 0.103. The summed E-state index contributed by atoms with van der Waals surface area (Å²) in [7, 11) is -0.106. The molecule has 0 aliphatic heterocycles. The number of benzene rings is 1. The lowest BCUT2D eigenvalue weighted by Crippen LogP contribution is -2.28. The molecule has 7 heteroatoms. The van der Waals surface area contributed by atoms with E-state index in [1.807, 2.05) is 0 Å². The van der Waals surface area contributed by atoms with Crippen molar-refractivity contribution < 1.29 is 18.6 Å². The molecule has 1 aromatic rings. The molecule has 0 aliphatic carbocycles. The molecule has 23 heavy (non-hydrogen) atoms. The second-order valence-corrected chi connectivity index (χ2v) is 5.48. The molecule has 0 heterocycles. The Bertz CT molecular complexity index is 655. The van der Waals surface area contributed by atoms with E-state index in [0.717, 1.165) is 10.6 Å². The fraction of sp³-hybridized carbons (Fsp3) is 0.125. The topological polar surface area (TPSA) is 89.7 Å². The van der Waals surface area contributed by atoms with Crippen molar-refractivity contribution in [2.75, 3.05) is 7.05 Å². The van der Waals surface area contributed by atoms with Gasteiger partial charge in [-0.2, -0.15) is 0 Å². The first kappa shape index (κ1) is 18.7. The van der Waals surface area contributed by atoms with Crippen LogP contribution in [0.5, 0.6) is 0 Å². The van der Waals surface area contributed by atoms with Crippen molar-refractivity contribution >= 4 is 23.2 Å². The van der Waals surface area contributed by atoms with Crippen LogP contribution in [-0.2, 0) is 32.0 Å². The van der Waals surface area contributed by atoms with Gasteiger partial charge in [-0.25, -0.2) is 14.4 Å². The van der Waals surface area contributed by atoms with E-state index >= 15 is 0 Å². The van der Waals surface area contributed by atoms with Crippen LogP contribution in [0, 0.1) is 0 Å². The lowest BCUT2D eigenvalue weighted by molar-refractivity contribution is -0.177. The number of carbonyl (C=O) groups excluding carboxylic acids is 2. The Morgan fingerprint density at radius 3 is 2.35 bits per heavy atom. The summed E-state index contributed by atoms with van der Waals surface area (Å²) < 4.78 is 11.1. The highest BCUT2D eigenvalue weighted by atomic mass is 32.2. The van der Waals surface area contributed by atoms with E-state index in [0.29, 0.717) is 11.2 Å². The van der Waals surface area contributed by atoms with Crippen LogP contribution in [0.4, 0.5) is 0 Å². The third kappa shape index (κ3) is 5.10. The fourth-order valence-electron chi connectivity index (χ4n) is 1.67. The summed E-state index contributed by atoms with van der Waals surface area (Å²) in [5, 5.41) is 6.28. The first-order valence-corrected chi connectivity index (χ1v) is 7.76. The molecule has 0 fully saturated rings. The van der Waals surface area contributed by atoms with Gasteiger partial charge in [-0.1, -0.05) is 37.4 Å². The number of allylic oxidation sites excluding steroid dienone is 2. The summed E-state index contributed by atoms with van der Waals surface area (Å²) in [6.45, 7) is 7.11. The summed E-state index contributed by atoms with van der Waals surface area (Å²) in [6.07, 6.45) is 3.09. The number of hydrogen-bond donors (Lipinski definition) is 1. The quantitative estimate of drug-likeness (QED) is 0.337. The number of hydrogen-bond acceptors (Lipinski definition) is 4. The molecule has 2 N–H and O–H groups in total. The van der Waals surface area contributed by atoms with Gasteiger partial charge in [-0.05, 0) is 17.7 Å².